The number of benzene rings is 2. The van der Waals surface area contributed by atoms with Crippen LogP contribution in [0.1, 0.15) is 71.4 Å². The Hall–Kier alpha value is -2.14. The second-order valence-corrected chi connectivity index (χ2v) is 9.45. The van der Waals surface area contributed by atoms with Crippen molar-refractivity contribution in [3.8, 4) is 0 Å². The molecule has 1 atom stereocenters. The predicted molar refractivity (Wildman–Crippen MR) is 151 cm³/mol. The Labute approximate surface area is 214 Å². The number of likely N-dealkylation sites (N-methyl/N-ethyl adjacent to an activating group) is 1. The fraction of sp³-hybridized carbons (Fsp3) is 0.600. The van der Waals surface area contributed by atoms with Gasteiger partial charge >= 0.3 is 0 Å². The number of aryl methyl sites for hydroxylation is 1. The number of hydrogen-bond acceptors (Lipinski definition) is 3. The number of piperazine rings is 1. The number of anilines is 2. The molecule has 0 amide bonds. The van der Waals surface area contributed by atoms with Gasteiger partial charge in [-0.15, -0.1) is 0 Å². The molecule has 2 aliphatic heterocycles. The lowest BCUT2D eigenvalue weighted by Gasteiger charge is -2.40. The van der Waals surface area contributed by atoms with Gasteiger partial charge in [0.25, 0.3) is 5.92 Å². The normalized spacial score (nSPS) is 17.4. The van der Waals surface area contributed by atoms with Gasteiger partial charge in [-0.3, -0.25) is 0 Å². The molecule has 1 unspecified atom stereocenters. The lowest BCUT2D eigenvalue weighted by Crippen LogP contribution is -2.56. The van der Waals surface area contributed by atoms with Crippen molar-refractivity contribution in [1.82, 2.24) is 4.90 Å². The molecule has 0 radical (unpaired) electrons. The zero-order chi connectivity index (χ0) is 26.4. The van der Waals surface area contributed by atoms with E-state index in [1.54, 1.807) is 4.90 Å². The fourth-order valence-electron chi connectivity index (χ4n) is 3.76. The molecule has 0 aliphatic carbocycles. The van der Waals surface area contributed by atoms with E-state index in [9.17, 15) is 8.78 Å². The third-order valence-corrected chi connectivity index (χ3v) is 6.19. The van der Waals surface area contributed by atoms with E-state index in [0.29, 0.717) is 5.92 Å². The summed E-state index contributed by atoms with van der Waals surface area (Å²) < 4.78 is 25.4. The van der Waals surface area contributed by atoms with E-state index in [1.165, 1.54) is 36.3 Å². The molecule has 2 aromatic rings. The van der Waals surface area contributed by atoms with E-state index in [2.05, 4.69) is 75.7 Å². The van der Waals surface area contributed by atoms with Gasteiger partial charge in [-0.2, -0.15) is 0 Å². The number of alkyl halides is 2. The topological polar surface area (TPSA) is 9.72 Å². The maximum Gasteiger partial charge on any atom is 0.282 e. The molecular formula is C30H49F2N3. The maximum absolute atomic E-state index is 12.7. The molecule has 0 bridgehead atoms. The molecule has 0 spiro atoms. The Bertz CT molecular complexity index is 789. The van der Waals surface area contributed by atoms with E-state index in [0.717, 1.165) is 25.2 Å². The smallest absolute Gasteiger partial charge is 0.282 e. The standard InChI is InChI=1S/C13H17F2N.C12H18N2.C3H8.C2H6/c1-3-10(2)11-4-6-12(7-5-11)16-8-13(14,15)9-16;1-11-3-5-12(6-4-11)14-9-7-13(2)8-10-14;1-3-2;1-2/h4-7,10H,3,8-9H2,1-2H3;3-6H,7-10H2,1-2H3;3H2,1-2H3;1-2H3. The van der Waals surface area contributed by atoms with Crippen molar-refractivity contribution in [3.05, 3.63) is 59.7 Å². The summed E-state index contributed by atoms with van der Waals surface area (Å²) in [4.78, 5) is 6.55. The summed E-state index contributed by atoms with van der Waals surface area (Å²) in [5.41, 5.74) is 4.88. The van der Waals surface area contributed by atoms with Crippen LogP contribution >= 0.6 is 0 Å². The second-order valence-electron chi connectivity index (χ2n) is 9.45. The molecule has 2 aliphatic rings. The largest absolute Gasteiger partial charge is 0.369 e. The first kappa shape index (κ1) is 30.9. The maximum atomic E-state index is 12.7. The molecule has 2 fully saturated rings. The molecule has 0 aromatic heterocycles. The van der Waals surface area contributed by atoms with Crippen LogP contribution in [0, 0.1) is 6.92 Å². The first-order valence-electron chi connectivity index (χ1n) is 13.4. The zero-order valence-corrected chi connectivity index (χ0v) is 23.5. The lowest BCUT2D eigenvalue weighted by molar-refractivity contribution is -0.0262. The minimum atomic E-state index is -2.49. The van der Waals surface area contributed by atoms with Crippen LogP contribution in [0.5, 0.6) is 0 Å². The van der Waals surface area contributed by atoms with E-state index in [4.69, 9.17) is 0 Å². The number of halogens is 2. The molecule has 0 saturated carbocycles. The van der Waals surface area contributed by atoms with Crippen molar-refractivity contribution >= 4 is 11.4 Å². The molecule has 35 heavy (non-hydrogen) atoms. The van der Waals surface area contributed by atoms with Crippen LogP contribution in [0.3, 0.4) is 0 Å². The summed E-state index contributed by atoms with van der Waals surface area (Å²) in [6, 6.07) is 16.8. The van der Waals surface area contributed by atoms with Gasteiger partial charge in [-0.1, -0.05) is 77.8 Å². The van der Waals surface area contributed by atoms with E-state index in [1.807, 2.05) is 38.1 Å². The van der Waals surface area contributed by atoms with E-state index < -0.39 is 5.92 Å². The van der Waals surface area contributed by atoms with E-state index in [-0.39, 0.29) is 13.1 Å². The quantitative estimate of drug-likeness (QED) is 0.433. The van der Waals surface area contributed by atoms with Gasteiger partial charge in [0, 0.05) is 37.6 Å². The average molecular weight is 490 g/mol. The van der Waals surface area contributed by atoms with Crippen molar-refractivity contribution in [2.45, 2.75) is 73.1 Å². The van der Waals surface area contributed by atoms with Gasteiger partial charge in [0.05, 0.1) is 13.1 Å². The third kappa shape index (κ3) is 10.6. The van der Waals surface area contributed by atoms with Gasteiger partial charge in [-0.05, 0) is 56.1 Å². The minimum absolute atomic E-state index is 0.143. The number of rotatable bonds is 4. The van der Waals surface area contributed by atoms with Crippen molar-refractivity contribution < 1.29 is 8.78 Å². The van der Waals surface area contributed by atoms with Gasteiger partial charge in [0.1, 0.15) is 0 Å². The van der Waals surface area contributed by atoms with Gasteiger partial charge in [0.2, 0.25) is 0 Å². The minimum Gasteiger partial charge on any atom is -0.369 e. The Morgan fingerprint density at radius 2 is 1.20 bits per heavy atom. The molecule has 2 saturated heterocycles. The van der Waals surface area contributed by atoms with Crippen LogP contribution < -0.4 is 9.80 Å². The monoisotopic (exact) mass is 489 g/mol. The molecule has 5 heteroatoms. The molecule has 2 aromatic carbocycles. The lowest BCUT2D eigenvalue weighted by atomic mass is 9.98. The van der Waals surface area contributed by atoms with Crippen LogP contribution in [-0.2, 0) is 0 Å². The number of nitrogens with zero attached hydrogens (tertiary/aromatic N) is 3. The summed E-state index contributed by atoms with van der Waals surface area (Å²) >= 11 is 0. The van der Waals surface area contributed by atoms with Crippen molar-refractivity contribution in [2.75, 3.05) is 56.1 Å². The predicted octanol–water partition coefficient (Wildman–Crippen LogP) is 7.84. The molecular weight excluding hydrogens is 440 g/mol. The van der Waals surface area contributed by atoms with Crippen LogP contribution in [0.15, 0.2) is 48.5 Å². The average Bonchev–Trinajstić information content (AvgIpc) is 2.85. The SMILES string of the molecule is CC.CCC.CCC(C)c1ccc(N2CC(F)(F)C2)cc1.Cc1ccc(N2CCN(C)CC2)cc1. The first-order valence-corrected chi connectivity index (χ1v) is 13.4. The summed E-state index contributed by atoms with van der Waals surface area (Å²) in [7, 11) is 2.19. The highest BCUT2D eigenvalue weighted by molar-refractivity contribution is 5.51. The van der Waals surface area contributed by atoms with Gasteiger partial charge < -0.3 is 14.7 Å². The van der Waals surface area contributed by atoms with Crippen LogP contribution in [0.4, 0.5) is 20.2 Å². The van der Waals surface area contributed by atoms with Crippen LogP contribution in [-0.4, -0.2) is 57.1 Å². The highest BCUT2D eigenvalue weighted by Gasteiger charge is 2.43. The highest BCUT2D eigenvalue weighted by Crippen LogP contribution is 2.32. The van der Waals surface area contributed by atoms with Gasteiger partial charge in [0.15, 0.2) is 0 Å². The highest BCUT2D eigenvalue weighted by atomic mass is 19.3. The van der Waals surface area contributed by atoms with Gasteiger partial charge in [-0.25, -0.2) is 8.78 Å². The summed E-state index contributed by atoms with van der Waals surface area (Å²) in [6.45, 7) is 19.1. The van der Waals surface area contributed by atoms with Crippen molar-refractivity contribution in [1.29, 1.82) is 0 Å². The fourth-order valence-corrected chi connectivity index (χ4v) is 3.76. The Balaban J connectivity index is 0.000000298. The second kappa shape index (κ2) is 15.8. The molecule has 2 heterocycles. The summed E-state index contributed by atoms with van der Waals surface area (Å²) in [6.07, 6.45) is 2.35. The Morgan fingerprint density at radius 3 is 1.63 bits per heavy atom. The Morgan fingerprint density at radius 1 is 0.771 bits per heavy atom. The third-order valence-electron chi connectivity index (χ3n) is 6.19. The molecule has 0 N–H and O–H groups in total. The van der Waals surface area contributed by atoms with Crippen molar-refractivity contribution in [2.24, 2.45) is 0 Å². The number of hydrogen-bond donors (Lipinski definition) is 0. The summed E-state index contributed by atoms with van der Waals surface area (Å²) in [5, 5.41) is 0. The van der Waals surface area contributed by atoms with E-state index >= 15 is 0 Å². The van der Waals surface area contributed by atoms with Crippen LogP contribution in [0.2, 0.25) is 0 Å². The van der Waals surface area contributed by atoms with Crippen molar-refractivity contribution in [3.63, 3.8) is 0 Å². The first-order chi connectivity index (χ1) is 16.7. The Kier molecular flexibility index (Phi) is 13.9. The summed E-state index contributed by atoms with van der Waals surface area (Å²) in [5.74, 6) is -1.96. The van der Waals surface area contributed by atoms with Crippen LogP contribution in [0.25, 0.3) is 0 Å². The zero-order valence-electron chi connectivity index (χ0n) is 23.5. The molecule has 3 nitrogen and oxygen atoms in total. The molecule has 4 rings (SSSR count). The molecule has 198 valence electrons.